The number of primary amides is 1. The third kappa shape index (κ3) is 1.92. The van der Waals surface area contributed by atoms with Gasteiger partial charge in [0.1, 0.15) is 0 Å². The summed E-state index contributed by atoms with van der Waals surface area (Å²) in [6.45, 7) is 1.31. The van der Waals surface area contributed by atoms with E-state index in [9.17, 15) is 9.90 Å². The molecule has 0 heterocycles. The molecule has 0 spiro atoms. The Balaban J connectivity index is 2.96. The smallest absolute Gasteiger partial charge is 0.251 e. The van der Waals surface area contributed by atoms with Crippen LogP contribution in [0.5, 0.6) is 0 Å². The zero-order valence-electron chi connectivity index (χ0n) is 7.97. The summed E-state index contributed by atoms with van der Waals surface area (Å²) in [6.07, 6.45) is 0. The van der Waals surface area contributed by atoms with Crippen molar-refractivity contribution < 1.29 is 9.90 Å². The molecule has 0 aliphatic heterocycles. The summed E-state index contributed by atoms with van der Waals surface area (Å²) in [5.74, 6) is -0.825. The predicted octanol–water partition coefficient (Wildman–Crippen LogP) is -0.0773. The lowest BCUT2D eigenvalue weighted by Gasteiger charge is -2.26. The van der Waals surface area contributed by atoms with Gasteiger partial charge in [-0.3, -0.25) is 4.79 Å². The Morgan fingerprint density at radius 3 is 2.36 bits per heavy atom. The van der Waals surface area contributed by atoms with Gasteiger partial charge in [-0.15, -0.1) is 0 Å². The SMILES string of the molecule is C[C@](O)(C(N)=O)[C@H](N)c1ccccc1. The fraction of sp³-hybridized carbons (Fsp3) is 0.300. The molecule has 1 rings (SSSR count). The fourth-order valence-corrected chi connectivity index (χ4v) is 1.14. The van der Waals surface area contributed by atoms with E-state index in [2.05, 4.69) is 0 Å². The molecule has 0 unspecified atom stereocenters. The summed E-state index contributed by atoms with van der Waals surface area (Å²) in [6, 6.07) is 8.07. The molecule has 76 valence electrons. The summed E-state index contributed by atoms with van der Waals surface area (Å²) < 4.78 is 0. The van der Waals surface area contributed by atoms with E-state index in [0.29, 0.717) is 5.56 Å². The highest BCUT2D eigenvalue weighted by atomic mass is 16.3. The van der Waals surface area contributed by atoms with Crippen LogP contribution in [0.15, 0.2) is 30.3 Å². The van der Waals surface area contributed by atoms with Crippen molar-refractivity contribution in [2.75, 3.05) is 0 Å². The first-order valence-corrected chi connectivity index (χ1v) is 4.29. The van der Waals surface area contributed by atoms with E-state index in [0.717, 1.165) is 0 Å². The lowest BCUT2D eigenvalue weighted by molar-refractivity contribution is -0.136. The van der Waals surface area contributed by atoms with Crippen LogP contribution in [0, 0.1) is 0 Å². The Labute approximate surface area is 82.5 Å². The Kier molecular flexibility index (Phi) is 2.88. The van der Waals surface area contributed by atoms with Crippen LogP contribution in [0.1, 0.15) is 18.5 Å². The van der Waals surface area contributed by atoms with Gasteiger partial charge in [0, 0.05) is 0 Å². The second-order valence-corrected chi connectivity index (χ2v) is 3.40. The quantitative estimate of drug-likeness (QED) is 0.628. The molecule has 2 atom stereocenters. The number of amides is 1. The van der Waals surface area contributed by atoms with E-state index in [4.69, 9.17) is 11.5 Å². The highest BCUT2D eigenvalue weighted by Crippen LogP contribution is 2.22. The molecule has 4 nitrogen and oxygen atoms in total. The molecule has 4 heteroatoms. The maximum atomic E-state index is 10.9. The van der Waals surface area contributed by atoms with Crippen LogP contribution in [0.3, 0.4) is 0 Å². The lowest BCUT2D eigenvalue weighted by Crippen LogP contribution is -2.49. The highest BCUT2D eigenvalue weighted by Gasteiger charge is 2.35. The molecule has 1 aromatic rings. The van der Waals surface area contributed by atoms with Gasteiger partial charge >= 0.3 is 0 Å². The minimum absolute atomic E-state index is 0.677. The normalized spacial score (nSPS) is 17.1. The van der Waals surface area contributed by atoms with E-state index < -0.39 is 17.6 Å². The summed E-state index contributed by atoms with van der Waals surface area (Å²) in [5.41, 5.74) is 9.72. The molecule has 0 fully saturated rings. The Bertz CT molecular complexity index is 322. The van der Waals surface area contributed by atoms with Gasteiger partial charge in [-0.1, -0.05) is 30.3 Å². The molecule has 0 radical (unpaired) electrons. The largest absolute Gasteiger partial charge is 0.378 e. The number of hydrogen-bond donors (Lipinski definition) is 3. The van der Waals surface area contributed by atoms with Crippen LogP contribution in [0.25, 0.3) is 0 Å². The molecular weight excluding hydrogens is 180 g/mol. The van der Waals surface area contributed by atoms with Crippen molar-refractivity contribution in [1.82, 2.24) is 0 Å². The molecule has 0 bridgehead atoms. The monoisotopic (exact) mass is 194 g/mol. The number of rotatable bonds is 3. The maximum Gasteiger partial charge on any atom is 0.251 e. The summed E-state index contributed by atoms with van der Waals surface area (Å²) in [5, 5.41) is 9.71. The van der Waals surface area contributed by atoms with E-state index in [1.165, 1.54) is 6.92 Å². The van der Waals surface area contributed by atoms with Crippen molar-refractivity contribution in [3.05, 3.63) is 35.9 Å². The van der Waals surface area contributed by atoms with Crippen molar-refractivity contribution in [2.24, 2.45) is 11.5 Å². The van der Waals surface area contributed by atoms with Gasteiger partial charge in [0.15, 0.2) is 5.60 Å². The lowest BCUT2D eigenvalue weighted by atomic mass is 9.90. The van der Waals surface area contributed by atoms with Crippen LogP contribution < -0.4 is 11.5 Å². The number of carbonyl (C=O) groups is 1. The van der Waals surface area contributed by atoms with Gasteiger partial charge in [-0.05, 0) is 12.5 Å². The van der Waals surface area contributed by atoms with Gasteiger partial charge < -0.3 is 16.6 Å². The van der Waals surface area contributed by atoms with Gasteiger partial charge in [0.2, 0.25) is 0 Å². The number of carbonyl (C=O) groups excluding carboxylic acids is 1. The maximum absolute atomic E-state index is 10.9. The van der Waals surface area contributed by atoms with E-state index in [-0.39, 0.29) is 0 Å². The topological polar surface area (TPSA) is 89.3 Å². The molecule has 0 saturated heterocycles. The summed E-state index contributed by atoms with van der Waals surface area (Å²) in [7, 11) is 0. The first kappa shape index (κ1) is 10.7. The van der Waals surface area contributed by atoms with Crippen LogP contribution in [-0.2, 0) is 4.79 Å². The second kappa shape index (κ2) is 3.77. The van der Waals surface area contributed by atoms with Gasteiger partial charge in [0.25, 0.3) is 5.91 Å². The molecule has 5 N–H and O–H groups in total. The first-order valence-electron chi connectivity index (χ1n) is 4.29. The number of aliphatic hydroxyl groups is 1. The second-order valence-electron chi connectivity index (χ2n) is 3.40. The van der Waals surface area contributed by atoms with Gasteiger partial charge in [-0.25, -0.2) is 0 Å². The molecule has 0 saturated carbocycles. The van der Waals surface area contributed by atoms with Crippen molar-refractivity contribution in [1.29, 1.82) is 0 Å². The van der Waals surface area contributed by atoms with Crippen molar-refractivity contribution in [2.45, 2.75) is 18.6 Å². The predicted molar refractivity (Wildman–Crippen MR) is 53.2 cm³/mol. The molecule has 14 heavy (non-hydrogen) atoms. The summed E-state index contributed by atoms with van der Waals surface area (Å²) >= 11 is 0. The van der Waals surface area contributed by atoms with Crippen LogP contribution in [-0.4, -0.2) is 16.6 Å². The van der Waals surface area contributed by atoms with Crippen LogP contribution >= 0.6 is 0 Å². The molecule has 1 amide bonds. The van der Waals surface area contributed by atoms with Gasteiger partial charge in [-0.2, -0.15) is 0 Å². The number of benzene rings is 1. The Morgan fingerprint density at radius 2 is 1.93 bits per heavy atom. The Hall–Kier alpha value is -1.39. The highest BCUT2D eigenvalue weighted by molar-refractivity contribution is 5.83. The van der Waals surface area contributed by atoms with Crippen molar-refractivity contribution >= 4 is 5.91 Å². The first-order chi connectivity index (χ1) is 6.46. The molecular formula is C10H14N2O2. The number of hydrogen-bond acceptors (Lipinski definition) is 3. The van der Waals surface area contributed by atoms with Crippen LogP contribution in [0.4, 0.5) is 0 Å². The average Bonchev–Trinajstić information content (AvgIpc) is 2.17. The minimum Gasteiger partial charge on any atom is -0.378 e. The van der Waals surface area contributed by atoms with Crippen molar-refractivity contribution in [3.63, 3.8) is 0 Å². The third-order valence-corrected chi connectivity index (χ3v) is 2.26. The molecule has 0 aliphatic carbocycles. The van der Waals surface area contributed by atoms with E-state index in [1.807, 2.05) is 6.07 Å². The molecule has 0 aliphatic rings. The fourth-order valence-electron chi connectivity index (χ4n) is 1.14. The van der Waals surface area contributed by atoms with Crippen molar-refractivity contribution in [3.8, 4) is 0 Å². The minimum atomic E-state index is -1.72. The van der Waals surface area contributed by atoms with E-state index in [1.54, 1.807) is 24.3 Å². The van der Waals surface area contributed by atoms with Gasteiger partial charge in [0.05, 0.1) is 6.04 Å². The standard InChI is InChI=1S/C10H14N2O2/c1-10(14,9(12)13)8(11)7-5-3-2-4-6-7/h2-6,8,14H,11H2,1H3,(H2,12,13)/t8-,10-/m1/s1. The average molecular weight is 194 g/mol. The zero-order chi connectivity index (χ0) is 10.8. The summed E-state index contributed by atoms with van der Waals surface area (Å²) in [4.78, 5) is 10.9. The molecule has 0 aromatic heterocycles. The molecule has 1 aromatic carbocycles. The Morgan fingerprint density at radius 1 is 1.43 bits per heavy atom. The number of nitrogens with two attached hydrogens (primary N) is 2. The zero-order valence-corrected chi connectivity index (χ0v) is 7.97. The van der Waals surface area contributed by atoms with E-state index >= 15 is 0 Å². The third-order valence-electron chi connectivity index (χ3n) is 2.26. The van der Waals surface area contributed by atoms with Crippen LogP contribution in [0.2, 0.25) is 0 Å².